The molecule has 3 atom stereocenters. The van der Waals surface area contributed by atoms with Gasteiger partial charge in [-0.3, -0.25) is 19.2 Å². The van der Waals surface area contributed by atoms with Crippen LogP contribution in [0.25, 0.3) is 16.2 Å². The number of nitrogens with one attached hydrogen (secondary N) is 4. The second kappa shape index (κ2) is 26.6. The molecule has 3 unspecified atom stereocenters. The lowest BCUT2D eigenvalue weighted by atomic mass is 9.77. The Labute approximate surface area is 492 Å². The van der Waals surface area contributed by atoms with Gasteiger partial charge in [-0.25, -0.2) is 0 Å². The highest BCUT2D eigenvalue weighted by Crippen LogP contribution is 2.46. The number of rotatable bonds is 25. The summed E-state index contributed by atoms with van der Waals surface area (Å²) in [5.41, 5.74) is 1.17. The number of thioether (sulfide) groups is 2. The maximum absolute atomic E-state index is 13.4. The molecule has 28 heteroatoms. The first kappa shape index (κ1) is 55.7. The Balaban J connectivity index is 0.689. The predicted molar refractivity (Wildman–Crippen MR) is 323 cm³/mol. The Bertz CT molecular complexity index is 3510. The number of thiophene rings is 4. The van der Waals surface area contributed by atoms with Crippen LogP contribution in [0.5, 0.6) is 0 Å². The molecule has 1 aliphatic carbocycles. The van der Waals surface area contributed by atoms with Crippen molar-refractivity contribution in [1.82, 2.24) is 40.8 Å². The van der Waals surface area contributed by atoms with Gasteiger partial charge in [0.25, 0.3) is 0 Å². The molecule has 1 aliphatic rings. The van der Waals surface area contributed by atoms with E-state index in [-0.39, 0.29) is 60.6 Å². The number of hydrogen-bond acceptors (Lipinski definition) is 22. The zero-order valence-electron chi connectivity index (χ0n) is 40.5. The topological polar surface area (TPSA) is 220 Å². The fourth-order valence-electron chi connectivity index (χ4n) is 8.19. The van der Waals surface area contributed by atoms with Gasteiger partial charge >= 0.3 is 0 Å². The number of nitrogens with zero attached hydrogens (tertiary/aromatic N) is 8. The number of hydrogen-bond donors (Lipinski definition) is 4. The first-order valence-corrected chi connectivity index (χ1v) is 33.4. The molecule has 0 radical (unpaired) electrons. The Morgan fingerprint density at radius 2 is 1.04 bits per heavy atom. The average Bonchev–Trinajstić information content (AvgIpc) is 4.26. The molecule has 4 N–H and O–H groups in total. The van der Waals surface area contributed by atoms with Crippen LogP contribution in [0.4, 0.5) is 20.5 Å². The molecule has 8 aromatic heterocycles. The fourth-order valence-corrected chi connectivity index (χ4v) is 18.3. The maximum Gasteiger partial charge on any atom is 0.231 e. The van der Waals surface area contributed by atoms with E-state index in [4.69, 9.17) is 23.2 Å². The molecule has 0 fully saturated rings. The Kier molecular flexibility index (Phi) is 19.2. The molecule has 0 aliphatic heterocycles. The fraction of sp³-hybridized carbons (Fsp3) is 0.306. The average molecular weight is 1260 g/mol. The van der Waals surface area contributed by atoms with Crippen LogP contribution in [0, 0.1) is 5.92 Å². The second-order valence-electron chi connectivity index (χ2n) is 17.3. The molecule has 0 bridgehead atoms. The monoisotopic (exact) mass is 1250 g/mol. The van der Waals surface area contributed by atoms with Crippen molar-refractivity contribution in [3.05, 3.63) is 125 Å². The van der Waals surface area contributed by atoms with Gasteiger partial charge in [0.05, 0.1) is 34.4 Å². The lowest BCUT2D eigenvalue weighted by Gasteiger charge is -2.30. The smallest absolute Gasteiger partial charge is 0.231 e. The van der Waals surface area contributed by atoms with Crippen LogP contribution < -0.4 is 21.3 Å². The highest BCUT2D eigenvalue weighted by molar-refractivity contribution is 7.99. The van der Waals surface area contributed by atoms with Gasteiger partial charge in [0.15, 0.2) is 0 Å². The van der Waals surface area contributed by atoms with Crippen LogP contribution >= 0.6 is 137 Å². The molecule has 0 saturated carbocycles. The van der Waals surface area contributed by atoms with Crippen molar-refractivity contribution in [1.29, 1.82) is 0 Å². The molecule has 0 spiro atoms. The number of anilines is 4. The molecule has 10 rings (SSSR count). The number of fused-ring (bicyclic) bond motifs is 2. The van der Waals surface area contributed by atoms with E-state index in [1.807, 2.05) is 24.3 Å². The number of allylic oxidation sites excluding steroid dienone is 1. The van der Waals surface area contributed by atoms with E-state index in [0.29, 0.717) is 48.5 Å². The van der Waals surface area contributed by atoms with Crippen LogP contribution in [-0.2, 0) is 64.1 Å². The minimum atomic E-state index is -0.190. The summed E-state index contributed by atoms with van der Waals surface area (Å²) in [6.45, 7) is 2.21. The van der Waals surface area contributed by atoms with Crippen LogP contribution in [0.15, 0.2) is 66.7 Å². The van der Waals surface area contributed by atoms with E-state index in [2.05, 4.69) is 105 Å². The summed E-state index contributed by atoms with van der Waals surface area (Å²) in [6, 6.07) is 19.6. The van der Waals surface area contributed by atoms with E-state index >= 15 is 0 Å². The molecule has 0 saturated heterocycles. The molecular formula is C49H44Cl2N12O4S10. The normalized spacial score (nSPS) is 14.4. The van der Waals surface area contributed by atoms with Gasteiger partial charge < -0.3 is 21.3 Å². The van der Waals surface area contributed by atoms with Crippen molar-refractivity contribution in [2.75, 3.05) is 44.3 Å². The lowest BCUT2D eigenvalue weighted by molar-refractivity contribution is -0.116. The summed E-state index contributed by atoms with van der Waals surface area (Å²) >= 11 is 27.2. The van der Waals surface area contributed by atoms with Crippen molar-refractivity contribution in [3.63, 3.8) is 0 Å². The highest BCUT2D eigenvalue weighted by atomic mass is 35.5. The number of aromatic nitrogens is 8. The number of carbonyl (C=O) groups excluding carboxylic acids is 4. The van der Waals surface area contributed by atoms with Crippen molar-refractivity contribution in [3.8, 4) is 0 Å². The van der Waals surface area contributed by atoms with Crippen molar-refractivity contribution >= 4 is 198 Å². The van der Waals surface area contributed by atoms with Gasteiger partial charge in [0.1, 0.15) is 20.0 Å². The SMILES string of the molecule is CC1c2cc(CC(=O)Nc3nnc(CCSCCc4nnc(NC(=O)Cc5cc6ccccc6s5)s4)s3)sc2C=CC1C(CSCCc1nnc(NC(=O)Cc2ccc(Cl)s2)s1)c1nnc(NC(=O)Cc2ccc(Cl)s2)s1. The van der Waals surface area contributed by atoms with Gasteiger partial charge in [0, 0.05) is 60.0 Å². The second-order valence-corrected chi connectivity index (χ2v) is 29.8. The van der Waals surface area contributed by atoms with E-state index < -0.39 is 0 Å². The van der Waals surface area contributed by atoms with E-state index in [0.717, 1.165) is 83.9 Å². The zero-order chi connectivity index (χ0) is 53.3. The number of benzene rings is 1. The van der Waals surface area contributed by atoms with E-state index in [1.165, 1.54) is 73.6 Å². The Hall–Kier alpha value is -4.58. The van der Waals surface area contributed by atoms with Crippen LogP contribution in [0.3, 0.4) is 0 Å². The first-order chi connectivity index (χ1) is 37.4. The van der Waals surface area contributed by atoms with Gasteiger partial charge in [-0.1, -0.05) is 99.7 Å². The first-order valence-electron chi connectivity index (χ1n) is 23.8. The molecular weight excluding hydrogens is 1210 g/mol. The molecule has 4 amide bonds. The maximum atomic E-state index is 13.4. The van der Waals surface area contributed by atoms with E-state index in [1.54, 1.807) is 58.3 Å². The van der Waals surface area contributed by atoms with Gasteiger partial charge in [0.2, 0.25) is 44.2 Å². The van der Waals surface area contributed by atoms with E-state index in [9.17, 15) is 19.2 Å². The number of amides is 4. The van der Waals surface area contributed by atoms with Gasteiger partial charge in [-0.15, -0.1) is 86.1 Å². The Morgan fingerprint density at radius 3 is 1.57 bits per heavy atom. The highest BCUT2D eigenvalue weighted by Gasteiger charge is 2.34. The largest absolute Gasteiger partial charge is 0.300 e. The lowest BCUT2D eigenvalue weighted by Crippen LogP contribution is -2.21. The molecule has 8 heterocycles. The summed E-state index contributed by atoms with van der Waals surface area (Å²) < 4.78 is 2.43. The van der Waals surface area contributed by atoms with Crippen LogP contribution in [0.1, 0.15) is 68.7 Å². The van der Waals surface area contributed by atoms with Gasteiger partial charge in [-0.05, 0) is 88.6 Å². The van der Waals surface area contributed by atoms with Gasteiger partial charge in [-0.2, -0.15) is 23.5 Å². The number of carbonyl (C=O) groups is 4. The zero-order valence-corrected chi connectivity index (χ0v) is 50.2. The predicted octanol–water partition coefficient (Wildman–Crippen LogP) is 12.5. The standard InChI is InChI=1S/C49H44Cl2N12O4S10/c1-25-31(33(45-59-63-49(77-45)55-39(65)21-28-7-11-37(51)73-28)24-69-17-14-44-58-60-46(76-44)52-38(64)20-27-6-10-36(50)72-27)8-9-35-32(25)19-30(71-35)23-41(67)54-48-62-57-43(75-48)13-16-68-15-12-42-56-61-47(74-42)53-40(66)22-29-18-26-4-2-3-5-34(26)70-29/h2-11,18-19,25,31,33H,12-17,20-24H2,1H3,(H,52,60,64)(H,53,61,66)(H,54,62,67)(H,55,63,65). The minimum absolute atomic E-state index is 0.0431. The quantitative estimate of drug-likeness (QED) is 0.0391. The van der Waals surface area contributed by atoms with Crippen LogP contribution in [-0.4, -0.2) is 87.4 Å². The molecule has 1 aromatic carbocycles. The third kappa shape index (κ3) is 15.6. The summed E-state index contributed by atoms with van der Waals surface area (Å²) in [5.74, 6) is 2.63. The third-order valence-electron chi connectivity index (χ3n) is 11.7. The summed E-state index contributed by atoms with van der Waals surface area (Å²) in [5, 5.41) is 52.6. The number of halogens is 2. The summed E-state index contributed by atoms with van der Waals surface area (Å²) in [7, 11) is 0. The Morgan fingerprint density at radius 1 is 0.545 bits per heavy atom. The minimum Gasteiger partial charge on any atom is -0.300 e. The van der Waals surface area contributed by atoms with Crippen molar-refractivity contribution in [2.24, 2.45) is 5.92 Å². The molecule has 77 heavy (non-hydrogen) atoms. The number of aryl methyl sites for hydroxylation is 3. The van der Waals surface area contributed by atoms with Crippen LogP contribution in [0.2, 0.25) is 8.67 Å². The van der Waals surface area contributed by atoms with Crippen molar-refractivity contribution < 1.29 is 19.2 Å². The van der Waals surface area contributed by atoms with Crippen molar-refractivity contribution in [2.45, 2.75) is 63.7 Å². The summed E-state index contributed by atoms with van der Waals surface area (Å²) in [6.07, 6.45) is 7.41. The molecule has 16 nitrogen and oxygen atoms in total. The summed E-state index contributed by atoms with van der Waals surface area (Å²) in [4.78, 5) is 56.5. The third-order valence-corrected chi connectivity index (χ3v) is 22.2. The molecule has 398 valence electrons. The molecule has 9 aromatic rings.